The molecule has 0 spiro atoms. The van der Waals surface area contributed by atoms with Crippen molar-refractivity contribution in [2.45, 2.75) is 46.0 Å². The topological polar surface area (TPSA) is 16.1 Å². The molecule has 3 aromatic rings. The third kappa shape index (κ3) is 4.27. The molecule has 2 heterocycles. The van der Waals surface area contributed by atoms with Crippen molar-refractivity contribution >= 4 is 28.9 Å². The van der Waals surface area contributed by atoms with E-state index in [1.54, 1.807) is 0 Å². The van der Waals surface area contributed by atoms with Crippen molar-refractivity contribution in [2.24, 2.45) is 0 Å². The standard InChI is InChI=1S/C24H28N2.ClH/c1-18-10-11-20(23-9-5-4-8-22(18)23)12-13-21-16-24(19(2)17-25-21)26-14-6-3-7-15-26;/h4-5,8-11,16-17H,3,6-7,12-15H2,1-2H3;1H. The Labute approximate surface area is 169 Å². The molecule has 2 aromatic carbocycles. The predicted molar refractivity (Wildman–Crippen MR) is 118 cm³/mol. The fraction of sp³-hybridized carbons (Fsp3) is 0.375. The maximum Gasteiger partial charge on any atom is 0.0429 e. The average Bonchev–Trinajstić information content (AvgIpc) is 2.69. The number of hydrogen-bond acceptors (Lipinski definition) is 2. The Kier molecular flexibility index (Phi) is 6.38. The van der Waals surface area contributed by atoms with E-state index in [0.717, 1.165) is 12.8 Å². The molecule has 0 bridgehead atoms. The second-order valence-electron chi connectivity index (χ2n) is 7.60. The van der Waals surface area contributed by atoms with Crippen molar-refractivity contribution in [1.29, 1.82) is 0 Å². The van der Waals surface area contributed by atoms with E-state index in [-0.39, 0.29) is 12.4 Å². The number of benzene rings is 2. The minimum Gasteiger partial charge on any atom is -0.371 e. The molecule has 1 saturated heterocycles. The molecular formula is C24H29ClN2. The van der Waals surface area contributed by atoms with Gasteiger partial charge in [0.2, 0.25) is 0 Å². The molecule has 27 heavy (non-hydrogen) atoms. The SMILES string of the molecule is Cc1cnc(CCc2ccc(C)c3ccccc23)cc1N1CCCCC1.Cl. The van der Waals surface area contributed by atoms with Crippen LogP contribution in [0.3, 0.4) is 0 Å². The summed E-state index contributed by atoms with van der Waals surface area (Å²) >= 11 is 0. The third-order valence-electron chi connectivity index (χ3n) is 5.71. The molecule has 0 saturated carbocycles. The van der Waals surface area contributed by atoms with Gasteiger partial charge in [-0.05, 0) is 79.5 Å². The molecule has 0 aliphatic carbocycles. The maximum absolute atomic E-state index is 4.72. The Balaban J connectivity index is 0.00000210. The number of aromatic nitrogens is 1. The number of halogens is 1. The van der Waals surface area contributed by atoms with Gasteiger partial charge in [-0.1, -0.05) is 36.4 Å². The first-order valence-electron chi connectivity index (χ1n) is 9.90. The van der Waals surface area contributed by atoms with Gasteiger partial charge in [-0.25, -0.2) is 0 Å². The lowest BCUT2D eigenvalue weighted by atomic mass is 9.97. The second-order valence-corrected chi connectivity index (χ2v) is 7.60. The smallest absolute Gasteiger partial charge is 0.0429 e. The summed E-state index contributed by atoms with van der Waals surface area (Å²) in [4.78, 5) is 7.27. The van der Waals surface area contributed by atoms with E-state index in [2.05, 4.69) is 67.4 Å². The molecule has 2 nitrogen and oxygen atoms in total. The lowest BCUT2D eigenvalue weighted by molar-refractivity contribution is 0.576. The molecule has 1 fully saturated rings. The third-order valence-corrected chi connectivity index (χ3v) is 5.71. The summed E-state index contributed by atoms with van der Waals surface area (Å²) in [5, 5.41) is 2.76. The van der Waals surface area contributed by atoms with Crippen molar-refractivity contribution in [3.8, 4) is 0 Å². The first kappa shape index (κ1) is 19.7. The number of pyridine rings is 1. The summed E-state index contributed by atoms with van der Waals surface area (Å²) in [7, 11) is 0. The summed E-state index contributed by atoms with van der Waals surface area (Å²) in [6.07, 6.45) is 8.09. The van der Waals surface area contributed by atoms with Crippen molar-refractivity contribution in [3.05, 3.63) is 71.0 Å². The van der Waals surface area contributed by atoms with Crippen LogP contribution in [0, 0.1) is 13.8 Å². The number of hydrogen-bond donors (Lipinski definition) is 0. The summed E-state index contributed by atoms with van der Waals surface area (Å²) in [6.45, 7) is 6.76. The summed E-state index contributed by atoms with van der Waals surface area (Å²) in [6, 6.07) is 15.6. The summed E-state index contributed by atoms with van der Waals surface area (Å²) in [5.41, 5.74) is 6.68. The fourth-order valence-electron chi connectivity index (χ4n) is 4.16. The van der Waals surface area contributed by atoms with Gasteiger partial charge < -0.3 is 4.90 Å². The lowest BCUT2D eigenvalue weighted by Gasteiger charge is -2.30. The number of piperidine rings is 1. The summed E-state index contributed by atoms with van der Waals surface area (Å²) < 4.78 is 0. The van der Waals surface area contributed by atoms with Crippen LogP contribution in [0.15, 0.2) is 48.7 Å². The van der Waals surface area contributed by atoms with E-state index < -0.39 is 0 Å². The lowest BCUT2D eigenvalue weighted by Crippen LogP contribution is -2.30. The Morgan fingerprint density at radius 1 is 0.852 bits per heavy atom. The highest BCUT2D eigenvalue weighted by Gasteiger charge is 2.14. The van der Waals surface area contributed by atoms with E-state index in [1.165, 1.54) is 71.2 Å². The number of aryl methyl sites for hydroxylation is 4. The number of rotatable bonds is 4. The van der Waals surface area contributed by atoms with Crippen LogP contribution >= 0.6 is 12.4 Å². The van der Waals surface area contributed by atoms with Crippen LogP contribution in [-0.2, 0) is 12.8 Å². The van der Waals surface area contributed by atoms with Crippen molar-refractivity contribution in [2.75, 3.05) is 18.0 Å². The summed E-state index contributed by atoms with van der Waals surface area (Å²) in [5.74, 6) is 0. The first-order chi connectivity index (χ1) is 12.7. The van der Waals surface area contributed by atoms with Gasteiger partial charge in [-0.2, -0.15) is 0 Å². The molecule has 0 N–H and O–H groups in total. The predicted octanol–water partition coefficient (Wildman–Crippen LogP) is 6.05. The van der Waals surface area contributed by atoms with Crippen LogP contribution in [0.2, 0.25) is 0 Å². The van der Waals surface area contributed by atoms with E-state index in [9.17, 15) is 0 Å². The van der Waals surface area contributed by atoms with E-state index in [4.69, 9.17) is 4.98 Å². The monoisotopic (exact) mass is 380 g/mol. The van der Waals surface area contributed by atoms with Gasteiger partial charge in [0.25, 0.3) is 0 Å². The second kappa shape index (κ2) is 8.75. The largest absolute Gasteiger partial charge is 0.371 e. The van der Waals surface area contributed by atoms with Crippen LogP contribution in [0.25, 0.3) is 10.8 Å². The van der Waals surface area contributed by atoms with Crippen LogP contribution in [0.4, 0.5) is 5.69 Å². The highest BCUT2D eigenvalue weighted by molar-refractivity contribution is 5.88. The molecule has 1 aliphatic heterocycles. The Hall–Kier alpha value is -2.06. The molecule has 1 aliphatic rings. The van der Waals surface area contributed by atoms with Gasteiger partial charge >= 0.3 is 0 Å². The van der Waals surface area contributed by atoms with Crippen molar-refractivity contribution < 1.29 is 0 Å². The molecule has 4 rings (SSSR count). The molecular weight excluding hydrogens is 352 g/mol. The van der Waals surface area contributed by atoms with Gasteiger partial charge in [0.15, 0.2) is 0 Å². The highest BCUT2D eigenvalue weighted by atomic mass is 35.5. The van der Waals surface area contributed by atoms with Crippen molar-refractivity contribution in [3.63, 3.8) is 0 Å². The minimum atomic E-state index is 0. The fourth-order valence-corrected chi connectivity index (χ4v) is 4.16. The molecule has 142 valence electrons. The van der Waals surface area contributed by atoms with E-state index in [0.29, 0.717) is 0 Å². The van der Waals surface area contributed by atoms with Crippen LogP contribution in [0.5, 0.6) is 0 Å². The molecule has 1 aromatic heterocycles. The quantitative estimate of drug-likeness (QED) is 0.547. The maximum atomic E-state index is 4.72. The average molecular weight is 381 g/mol. The van der Waals surface area contributed by atoms with Gasteiger partial charge in [-0.3, -0.25) is 4.98 Å². The Morgan fingerprint density at radius 3 is 2.37 bits per heavy atom. The van der Waals surface area contributed by atoms with Gasteiger partial charge in [0.05, 0.1) is 0 Å². The van der Waals surface area contributed by atoms with Gasteiger partial charge in [0.1, 0.15) is 0 Å². The number of fused-ring (bicyclic) bond motifs is 1. The Morgan fingerprint density at radius 2 is 1.59 bits per heavy atom. The van der Waals surface area contributed by atoms with Crippen molar-refractivity contribution in [1.82, 2.24) is 4.98 Å². The normalized spacial score (nSPS) is 14.2. The zero-order chi connectivity index (χ0) is 17.9. The molecule has 0 unspecified atom stereocenters. The zero-order valence-corrected chi connectivity index (χ0v) is 17.2. The van der Waals surface area contributed by atoms with E-state index >= 15 is 0 Å². The molecule has 0 amide bonds. The van der Waals surface area contributed by atoms with Crippen LogP contribution < -0.4 is 4.90 Å². The zero-order valence-electron chi connectivity index (χ0n) is 16.4. The van der Waals surface area contributed by atoms with Gasteiger partial charge in [-0.15, -0.1) is 12.4 Å². The van der Waals surface area contributed by atoms with Crippen LogP contribution in [-0.4, -0.2) is 18.1 Å². The molecule has 3 heteroatoms. The Bertz CT molecular complexity index is 913. The van der Waals surface area contributed by atoms with Crippen LogP contribution in [0.1, 0.15) is 41.6 Å². The number of nitrogens with zero attached hydrogens (tertiary/aromatic N) is 2. The van der Waals surface area contributed by atoms with Gasteiger partial charge in [0, 0.05) is 30.7 Å². The van der Waals surface area contributed by atoms with E-state index in [1.807, 2.05) is 0 Å². The minimum absolute atomic E-state index is 0. The molecule has 0 atom stereocenters. The number of anilines is 1. The molecule has 0 radical (unpaired) electrons. The highest BCUT2D eigenvalue weighted by Crippen LogP contribution is 2.26. The first-order valence-corrected chi connectivity index (χ1v) is 9.90.